The zero-order valence-corrected chi connectivity index (χ0v) is 10.7. The van der Waals surface area contributed by atoms with Crippen LogP contribution in [0.3, 0.4) is 0 Å². The molecule has 1 amide bonds. The molecule has 1 saturated heterocycles. The summed E-state index contributed by atoms with van der Waals surface area (Å²) in [5, 5.41) is 9.88. The summed E-state index contributed by atoms with van der Waals surface area (Å²) in [5.41, 5.74) is 1.45. The summed E-state index contributed by atoms with van der Waals surface area (Å²) in [4.78, 5) is 13.3. The molecule has 0 aliphatic carbocycles. The van der Waals surface area contributed by atoms with Gasteiger partial charge in [0.2, 0.25) is 5.91 Å². The molecule has 1 atom stereocenters. The van der Waals surface area contributed by atoms with Crippen molar-refractivity contribution in [1.29, 1.82) is 5.26 Å². The number of nitriles is 1. The van der Waals surface area contributed by atoms with Crippen molar-refractivity contribution in [3.8, 4) is 6.07 Å². The maximum atomic E-state index is 11.8. The highest BCUT2D eigenvalue weighted by Crippen LogP contribution is 2.34. The van der Waals surface area contributed by atoms with Crippen molar-refractivity contribution >= 4 is 34.8 Å². The second kappa shape index (κ2) is 4.56. The number of anilines is 1. The minimum Gasteiger partial charge on any atom is -0.310 e. The molecule has 0 radical (unpaired) electrons. The van der Waals surface area contributed by atoms with Gasteiger partial charge < -0.3 is 4.90 Å². The topological polar surface area (TPSA) is 44.1 Å². The van der Waals surface area contributed by atoms with Gasteiger partial charge in [-0.15, -0.1) is 0 Å². The molecule has 0 spiro atoms. The van der Waals surface area contributed by atoms with Gasteiger partial charge in [0.1, 0.15) is 0 Å². The molecule has 0 saturated carbocycles. The minimum absolute atomic E-state index is 0.0848. The molecule has 1 aromatic carbocycles. The van der Waals surface area contributed by atoms with Crippen molar-refractivity contribution in [2.24, 2.45) is 5.92 Å². The summed E-state index contributed by atoms with van der Waals surface area (Å²) in [6.07, 6.45) is 0.248. The number of rotatable bonds is 1. The summed E-state index contributed by atoms with van der Waals surface area (Å²) < 4.78 is 0. The second-order valence-corrected chi connectivity index (χ2v) is 4.90. The summed E-state index contributed by atoms with van der Waals surface area (Å²) in [7, 11) is 0. The fraction of sp³-hybridized carbons (Fsp3) is 0.333. The molecular formula is C12H10Cl2N2O. The Morgan fingerprint density at radius 2 is 2.12 bits per heavy atom. The molecule has 0 aromatic heterocycles. The summed E-state index contributed by atoms with van der Waals surface area (Å²) >= 11 is 12.1. The zero-order chi connectivity index (χ0) is 12.6. The van der Waals surface area contributed by atoms with Gasteiger partial charge in [0, 0.05) is 18.0 Å². The molecule has 3 nitrogen and oxygen atoms in total. The van der Waals surface area contributed by atoms with Crippen LogP contribution in [0.1, 0.15) is 12.0 Å². The van der Waals surface area contributed by atoms with E-state index in [0.717, 1.165) is 5.56 Å². The highest BCUT2D eigenvalue weighted by atomic mass is 35.5. The van der Waals surface area contributed by atoms with Gasteiger partial charge in [0.25, 0.3) is 0 Å². The van der Waals surface area contributed by atoms with Gasteiger partial charge in [-0.25, -0.2) is 0 Å². The fourth-order valence-electron chi connectivity index (χ4n) is 1.87. The quantitative estimate of drug-likeness (QED) is 0.785. The van der Waals surface area contributed by atoms with Crippen molar-refractivity contribution in [2.75, 3.05) is 11.4 Å². The molecule has 88 valence electrons. The molecule has 1 heterocycles. The smallest absolute Gasteiger partial charge is 0.228 e. The molecule has 1 fully saturated rings. The Bertz CT molecular complexity index is 522. The summed E-state index contributed by atoms with van der Waals surface area (Å²) in [5.74, 6) is -0.350. The lowest BCUT2D eigenvalue weighted by Gasteiger charge is -2.18. The first-order chi connectivity index (χ1) is 8.02. The number of hydrogen-bond acceptors (Lipinski definition) is 2. The third-order valence-corrected chi connectivity index (χ3v) is 3.54. The number of amides is 1. The summed E-state index contributed by atoms with van der Waals surface area (Å²) in [6, 6.07) is 5.51. The summed E-state index contributed by atoms with van der Waals surface area (Å²) in [6.45, 7) is 2.23. The van der Waals surface area contributed by atoms with Crippen LogP contribution in [0.15, 0.2) is 12.1 Å². The standard InChI is InChI=1S/C12H10Cl2N2O/c1-7-2-10(14)11(4-9(7)13)16-6-8(5-15)3-12(16)17/h2,4,8H,3,6H2,1H3. The predicted molar refractivity (Wildman–Crippen MR) is 67.3 cm³/mol. The minimum atomic E-state index is -0.265. The number of hydrogen-bond donors (Lipinski definition) is 0. The third-order valence-electron chi connectivity index (χ3n) is 2.83. The molecule has 5 heteroatoms. The first-order valence-electron chi connectivity index (χ1n) is 5.18. The Balaban J connectivity index is 2.39. The maximum absolute atomic E-state index is 11.8. The monoisotopic (exact) mass is 268 g/mol. The van der Waals surface area contributed by atoms with E-state index >= 15 is 0 Å². The van der Waals surface area contributed by atoms with Crippen molar-refractivity contribution in [2.45, 2.75) is 13.3 Å². The van der Waals surface area contributed by atoms with Crippen LogP contribution in [0, 0.1) is 24.2 Å². The number of carbonyl (C=O) groups is 1. The lowest BCUT2D eigenvalue weighted by atomic mass is 10.1. The predicted octanol–water partition coefficient (Wildman–Crippen LogP) is 3.18. The molecule has 1 unspecified atom stereocenters. The fourth-order valence-corrected chi connectivity index (χ4v) is 2.35. The van der Waals surface area contributed by atoms with E-state index in [1.165, 1.54) is 4.90 Å². The Hall–Kier alpha value is -1.24. The molecule has 0 bridgehead atoms. The second-order valence-electron chi connectivity index (χ2n) is 4.09. The normalized spacial score (nSPS) is 19.5. The van der Waals surface area contributed by atoms with Crippen molar-refractivity contribution in [3.63, 3.8) is 0 Å². The first kappa shape index (κ1) is 12.2. The van der Waals surface area contributed by atoms with E-state index in [4.69, 9.17) is 28.5 Å². The van der Waals surface area contributed by atoms with Crippen molar-refractivity contribution in [1.82, 2.24) is 0 Å². The number of benzene rings is 1. The number of nitrogens with zero attached hydrogens (tertiary/aromatic N) is 2. The highest BCUT2D eigenvalue weighted by Gasteiger charge is 2.31. The molecule has 1 aliphatic rings. The lowest BCUT2D eigenvalue weighted by Crippen LogP contribution is -2.24. The van der Waals surface area contributed by atoms with Crippen LogP contribution in [-0.4, -0.2) is 12.5 Å². The van der Waals surface area contributed by atoms with Gasteiger partial charge in [-0.1, -0.05) is 23.2 Å². The van der Waals surface area contributed by atoms with Crippen molar-refractivity contribution < 1.29 is 4.79 Å². The van der Waals surface area contributed by atoms with E-state index in [9.17, 15) is 4.79 Å². The lowest BCUT2D eigenvalue weighted by molar-refractivity contribution is -0.117. The van der Waals surface area contributed by atoms with E-state index in [1.807, 2.05) is 6.92 Å². The van der Waals surface area contributed by atoms with E-state index < -0.39 is 0 Å². The van der Waals surface area contributed by atoms with Gasteiger partial charge >= 0.3 is 0 Å². The molecule has 1 aliphatic heterocycles. The Kier molecular flexibility index (Phi) is 3.28. The third kappa shape index (κ3) is 2.24. The largest absolute Gasteiger partial charge is 0.310 e. The number of carbonyl (C=O) groups excluding carboxylic acids is 1. The van der Waals surface area contributed by atoms with Crippen LogP contribution in [-0.2, 0) is 4.79 Å². The van der Waals surface area contributed by atoms with E-state index in [2.05, 4.69) is 6.07 Å². The van der Waals surface area contributed by atoms with E-state index in [1.54, 1.807) is 12.1 Å². The Labute approximate surface area is 110 Å². The van der Waals surface area contributed by atoms with Gasteiger partial charge in [-0.05, 0) is 24.6 Å². The van der Waals surface area contributed by atoms with Gasteiger partial charge in [0.05, 0.1) is 22.7 Å². The average molecular weight is 269 g/mol. The molecule has 1 aromatic rings. The van der Waals surface area contributed by atoms with Crippen LogP contribution in [0.5, 0.6) is 0 Å². The maximum Gasteiger partial charge on any atom is 0.228 e. The first-order valence-corrected chi connectivity index (χ1v) is 5.94. The Morgan fingerprint density at radius 3 is 2.71 bits per heavy atom. The molecule has 0 N–H and O–H groups in total. The highest BCUT2D eigenvalue weighted by molar-refractivity contribution is 6.36. The molecule has 2 rings (SSSR count). The van der Waals surface area contributed by atoms with Gasteiger partial charge in [0.15, 0.2) is 0 Å². The SMILES string of the molecule is Cc1cc(Cl)c(N2CC(C#N)CC2=O)cc1Cl. The van der Waals surface area contributed by atoms with Crippen molar-refractivity contribution in [3.05, 3.63) is 27.7 Å². The zero-order valence-electron chi connectivity index (χ0n) is 9.20. The van der Waals surface area contributed by atoms with Crippen LogP contribution in [0.2, 0.25) is 10.0 Å². The van der Waals surface area contributed by atoms with Crippen LogP contribution >= 0.6 is 23.2 Å². The number of aryl methyl sites for hydroxylation is 1. The van der Waals surface area contributed by atoms with Crippen LogP contribution in [0.4, 0.5) is 5.69 Å². The molecular weight excluding hydrogens is 259 g/mol. The number of halogens is 2. The van der Waals surface area contributed by atoms with E-state index in [-0.39, 0.29) is 18.2 Å². The van der Waals surface area contributed by atoms with Gasteiger partial charge in [-0.3, -0.25) is 4.79 Å². The Morgan fingerprint density at radius 1 is 1.41 bits per heavy atom. The van der Waals surface area contributed by atoms with Crippen LogP contribution < -0.4 is 4.90 Å². The molecule has 17 heavy (non-hydrogen) atoms. The van der Waals surface area contributed by atoms with Crippen LogP contribution in [0.25, 0.3) is 0 Å². The van der Waals surface area contributed by atoms with Gasteiger partial charge in [-0.2, -0.15) is 5.26 Å². The van der Waals surface area contributed by atoms with E-state index in [0.29, 0.717) is 22.3 Å². The average Bonchev–Trinajstić information content (AvgIpc) is 2.65.